The van der Waals surface area contributed by atoms with Crippen LogP contribution in [0.5, 0.6) is 5.75 Å². The van der Waals surface area contributed by atoms with Gasteiger partial charge in [0.2, 0.25) is 0 Å². The van der Waals surface area contributed by atoms with Gasteiger partial charge < -0.3 is 20.1 Å². The highest BCUT2D eigenvalue weighted by molar-refractivity contribution is 5.41. The van der Waals surface area contributed by atoms with Crippen molar-refractivity contribution in [1.82, 2.24) is 0 Å². The van der Waals surface area contributed by atoms with Gasteiger partial charge in [-0.05, 0) is 42.7 Å². The van der Waals surface area contributed by atoms with Crippen molar-refractivity contribution in [2.75, 3.05) is 13.2 Å². The van der Waals surface area contributed by atoms with Gasteiger partial charge in [-0.25, -0.2) is 0 Å². The highest BCUT2D eigenvalue weighted by atomic mass is 16.5. The van der Waals surface area contributed by atoms with Crippen molar-refractivity contribution in [3.05, 3.63) is 65.2 Å². The summed E-state index contributed by atoms with van der Waals surface area (Å²) in [7, 11) is 0. The number of phenols is 1. The van der Waals surface area contributed by atoms with E-state index in [2.05, 4.69) is 26.0 Å². The number of hydrogen-bond acceptors (Lipinski definition) is 4. The molecule has 2 aromatic rings. The number of phenolic OH excluding ortho intramolecular Hbond substituents is 1. The standard InChI is InChI=1S/C21H28O4/c1-20(2,16-9-11-18(23)12-10-16)15-5-7-17(8-6-15)21(3,4)25-14-19(24)13-22/h5-12,19,22-24H,13-14H2,1-4H3. The van der Waals surface area contributed by atoms with E-state index in [1.807, 2.05) is 38.1 Å². The molecule has 1 unspecified atom stereocenters. The van der Waals surface area contributed by atoms with Gasteiger partial charge in [-0.2, -0.15) is 0 Å². The van der Waals surface area contributed by atoms with Gasteiger partial charge in [0.15, 0.2) is 0 Å². The highest BCUT2D eigenvalue weighted by Gasteiger charge is 2.26. The van der Waals surface area contributed by atoms with Gasteiger partial charge in [0.1, 0.15) is 11.9 Å². The predicted molar refractivity (Wildman–Crippen MR) is 98.7 cm³/mol. The van der Waals surface area contributed by atoms with Gasteiger partial charge in [0, 0.05) is 5.41 Å². The summed E-state index contributed by atoms with van der Waals surface area (Å²) < 4.78 is 5.75. The van der Waals surface area contributed by atoms with E-state index in [4.69, 9.17) is 9.84 Å². The van der Waals surface area contributed by atoms with Crippen LogP contribution >= 0.6 is 0 Å². The number of rotatable bonds is 7. The molecule has 4 nitrogen and oxygen atoms in total. The number of hydrogen-bond donors (Lipinski definition) is 3. The minimum Gasteiger partial charge on any atom is -0.508 e. The molecule has 3 N–H and O–H groups in total. The molecule has 2 aromatic carbocycles. The normalized spacial score (nSPS) is 13.7. The second kappa shape index (κ2) is 7.56. The minimum atomic E-state index is -0.869. The number of aliphatic hydroxyl groups is 2. The Balaban J connectivity index is 2.19. The maximum Gasteiger partial charge on any atom is 0.115 e. The summed E-state index contributed by atoms with van der Waals surface area (Å²) in [5.41, 5.74) is 2.54. The molecule has 0 aliphatic carbocycles. The monoisotopic (exact) mass is 344 g/mol. The summed E-state index contributed by atoms with van der Waals surface area (Å²) in [5.74, 6) is 0.263. The zero-order valence-corrected chi connectivity index (χ0v) is 15.4. The molecular weight excluding hydrogens is 316 g/mol. The smallest absolute Gasteiger partial charge is 0.115 e. The molecule has 0 aliphatic rings. The van der Waals surface area contributed by atoms with E-state index in [9.17, 15) is 10.2 Å². The Morgan fingerprint density at radius 1 is 0.840 bits per heavy atom. The third-order valence-corrected chi connectivity index (χ3v) is 4.74. The van der Waals surface area contributed by atoms with Crippen LogP contribution in [0, 0.1) is 0 Å². The highest BCUT2D eigenvalue weighted by Crippen LogP contribution is 2.34. The van der Waals surface area contributed by atoms with Crippen LogP contribution in [0.25, 0.3) is 0 Å². The summed E-state index contributed by atoms with van der Waals surface area (Å²) in [6.45, 7) is 7.95. The number of aliphatic hydroxyl groups excluding tert-OH is 2. The lowest BCUT2D eigenvalue weighted by molar-refractivity contribution is -0.0741. The molecule has 0 aromatic heterocycles. The van der Waals surface area contributed by atoms with Gasteiger partial charge >= 0.3 is 0 Å². The summed E-state index contributed by atoms with van der Waals surface area (Å²) in [4.78, 5) is 0. The molecule has 0 radical (unpaired) electrons. The van der Waals surface area contributed by atoms with E-state index in [1.165, 1.54) is 0 Å². The first-order chi connectivity index (χ1) is 11.7. The SMILES string of the molecule is CC(C)(OCC(O)CO)c1ccc(C(C)(C)c2ccc(O)cc2)cc1. The molecule has 0 aliphatic heterocycles. The van der Waals surface area contributed by atoms with Crippen LogP contribution in [0.3, 0.4) is 0 Å². The zero-order chi connectivity index (χ0) is 18.7. The first kappa shape index (κ1) is 19.4. The van der Waals surface area contributed by atoms with Gasteiger partial charge in [-0.15, -0.1) is 0 Å². The lowest BCUT2D eigenvalue weighted by atomic mass is 9.77. The first-order valence-corrected chi connectivity index (χ1v) is 8.50. The molecule has 4 heteroatoms. The van der Waals surface area contributed by atoms with Gasteiger partial charge in [-0.3, -0.25) is 0 Å². The maximum atomic E-state index is 9.48. The molecule has 0 fully saturated rings. The second-order valence-corrected chi connectivity index (χ2v) is 7.41. The fourth-order valence-electron chi connectivity index (χ4n) is 2.77. The Labute approximate surface area is 149 Å². The van der Waals surface area contributed by atoms with Crippen LogP contribution in [0.15, 0.2) is 48.5 Å². The van der Waals surface area contributed by atoms with Crippen molar-refractivity contribution in [1.29, 1.82) is 0 Å². The first-order valence-electron chi connectivity index (χ1n) is 8.50. The zero-order valence-electron chi connectivity index (χ0n) is 15.4. The third kappa shape index (κ3) is 4.60. The Hall–Kier alpha value is -1.88. The van der Waals surface area contributed by atoms with Crippen molar-refractivity contribution in [2.45, 2.75) is 44.8 Å². The predicted octanol–water partition coefficient (Wildman–Crippen LogP) is 3.32. The van der Waals surface area contributed by atoms with Crippen LogP contribution in [0.1, 0.15) is 44.4 Å². The largest absolute Gasteiger partial charge is 0.508 e. The van der Waals surface area contributed by atoms with Crippen molar-refractivity contribution >= 4 is 0 Å². The van der Waals surface area contributed by atoms with E-state index in [0.29, 0.717) is 0 Å². The molecule has 0 amide bonds. The summed E-state index contributed by atoms with van der Waals surface area (Å²) >= 11 is 0. The Morgan fingerprint density at radius 3 is 1.76 bits per heavy atom. The third-order valence-electron chi connectivity index (χ3n) is 4.74. The van der Waals surface area contributed by atoms with E-state index >= 15 is 0 Å². The number of ether oxygens (including phenoxy) is 1. The lowest BCUT2D eigenvalue weighted by Crippen LogP contribution is -2.29. The fourth-order valence-corrected chi connectivity index (χ4v) is 2.77. The molecule has 25 heavy (non-hydrogen) atoms. The number of benzene rings is 2. The topological polar surface area (TPSA) is 69.9 Å². The van der Waals surface area contributed by atoms with E-state index in [1.54, 1.807) is 12.1 Å². The Kier molecular flexibility index (Phi) is 5.88. The summed E-state index contributed by atoms with van der Waals surface area (Å²) in [6, 6.07) is 15.5. The average molecular weight is 344 g/mol. The summed E-state index contributed by atoms with van der Waals surface area (Å²) in [5, 5.41) is 27.9. The minimum absolute atomic E-state index is 0.0876. The lowest BCUT2D eigenvalue weighted by Gasteiger charge is -2.30. The second-order valence-electron chi connectivity index (χ2n) is 7.41. The van der Waals surface area contributed by atoms with Crippen molar-refractivity contribution in [2.24, 2.45) is 0 Å². The van der Waals surface area contributed by atoms with Crippen LogP contribution < -0.4 is 0 Å². The van der Waals surface area contributed by atoms with Crippen molar-refractivity contribution in [3.8, 4) is 5.75 Å². The van der Waals surface area contributed by atoms with Crippen molar-refractivity contribution < 1.29 is 20.1 Å². The quantitative estimate of drug-likeness (QED) is 0.721. The van der Waals surface area contributed by atoms with Gasteiger partial charge in [0.25, 0.3) is 0 Å². The molecule has 0 spiro atoms. The molecule has 136 valence electrons. The average Bonchev–Trinajstić information content (AvgIpc) is 2.60. The molecule has 0 bridgehead atoms. The van der Waals surface area contributed by atoms with Gasteiger partial charge in [0.05, 0.1) is 18.8 Å². The maximum absolute atomic E-state index is 9.48. The van der Waals surface area contributed by atoms with E-state index in [-0.39, 0.29) is 24.4 Å². The fraction of sp³-hybridized carbons (Fsp3) is 0.429. The Bertz CT molecular complexity index is 672. The molecular formula is C21H28O4. The van der Waals surface area contributed by atoms with Crippen LogP contribution in [-0.4, -0.2) is 34.6 Å². The van der Waals surface area contributed by atoms with Crippen LogP contribution in [-0.2, 0) is 15.8 Å². The molecule has 0 saturated carbocycles. The summed E-state index contributed by atoms with van der Waals surface area (Å²) in [6.07, 6.45) is -0.869. The van der Waals surface area contributed by atoms with E-state index < -0.39 is 11.7 Å². The molecule has 1 atom stereocenters. The Morgan fingerprint density at radius 2 is 1.28 bits per heavy atom. The van der Waals surface area contributed by atoms with Crippen molar-refractivity contribution in [3.63, 3.8) is 0 Å². The van der Waals surface area contributed by atoms with E-state index in [0.717, 1.165) is 16.7 Å². The number of aromatic hydroxyl groups is 1. The molecule has 0 heterocycles. The van der Waals surface area contributed by atoms with Gasteiger partial charge in [-0.1, -0.05) is 50.2 Å². The van der Waals surface area contributed by atoms with Crippen LogP contribution in [0.4, 0.5) is 0 Å². The molecule has 0 saturated heterocycles. The van der Waals surface area contributed by atoms with Crippen LogP contribution in [0.2, 0.25) is 0 Å². The molecule has 2 rings (SSSR count).